The van der Waals surface area contributed by atoms with E-state index in [0.29, 0.717) is 63.5 Å². The molecule has 2 fully saturated rings. The predicted molar refractivity (Wildman–Crippen MR) is 124 cm³/mol. The van der Waals surface area contributed by atoms with E-state index >= 15 is 0 Å². The van der Waals surface area contributed by atoms with E-state index in [9.17, 15) is 27.2 Å². The van der Waals surface area contributed by atoms with Gasteiger partial charge in [-0.2, -0.15) is 13.2 Å². The molecule has 0 aromatic heterocycles. The average molecular weight is 493 g/mol. The summed E-state index contributed by atoms with van der Waals surface area (Å²) < 4.78 is 52.0. The number of amides is 2. The summed E-state index contributed by atoms with van der Waals surface area (Å²) in [5.41, 5.74) is 0.372. The maximum absolute atomic E-state index is 13.0. The van der Waals surface area contributed by atoms with Crippen molar-refractivity contribution in [3.8, 4) is 0 Å². The van der Waals surface area contributed by atoms with Crippen LogP contribution in [-0.2, 0) is 15.8 Å². The number of rotatable bonds is 5. The zero-order chi connectivity index (χ0) is 25.0. The van der Waals surface area contributed by atoms with Crippen molar-refractivity contribution >= 4 is 23.2 Å². The minimum absolute atomic E-state index is 0.0732. The molecule has 2 aliphatic rings. The van der Waals surface area contributed by atoms with Gasteiger partial charge < -0.3 is 15.1 Å². The minimum Gasteiger partial charge on any atom is -0.368 e. The van der Waals surface area contributed by atoms with Crippen LogP contribution in [0, 0.1) is 11.7 Å². The van der Waals surface area contributed by atoms with E-state index in [1.54, 1.807) is 11.0 Å². The molecule has 2 aliphatic heterocycles. The Hall–Kier alpha value is -3.14. The first-order valence-corrected chi connectivity index (χ1v) is 11.7. The van der Waals surface area contributed by atoms with Gasteiger partial charge in [0.25, 0.3) is 0 Å². The Morgan fingerprint density at radius 2 is 1.57 bits per heavy atom. The van der Waals surface area contributed by atoms with Crippen LogP contribution in [0.4, 0.5) is 28.9 Å². The molecule has 2 aromatic rings. The lowest BCUT2D eigenvalue weighted by molar-refractivity contribution is -0.138. The summed E-state index contributed by atoms with van der Waals surface area (Å²) in [5.74, 6) is -0.602. The number of hydrogen-bond donors (Lipinski definition) is 1. The van der Waals surface area contributed by atoms with Crippen LogP contribution < -0.4 is 10.2 Å². The third-order valence-corrected chi connectivity index (χ3v) is 6.56. The van der Waals surface area contributed by atoms with Gasteiger partial charge in [-0.1, -0.05) is 6.07 Å². The van der Waals surface area contributed by atoms with Gasteiger partial charge in [-0.25, -0.2) is 4.39 Å². The highest BCUT2D eigenvalue weighted by molar-refractivity contribution is 5.92. The van der Waals surface area contributed by atoms with E-state index in [1.165, 1.54) is 30.3 Å². The van der Waals surface area contributed by atoms with Gasteiger partial charge in [0.05, 0.1) is 12.1 Å². The molecule has 188 valence electrons. The van der Waals surface area contributed by atoms with Crippen LogP contribution in [0.2, 0.25) is 0 Å². The quantitative estimate of drug-likeness (QED) is 0.645. The zero-order valence-corrected chi connectivity index (χ0v) is 19.2. The predicted octanol–water partition coefficient (Wildman–Crippen LogP) is 3.84. The normalized spacial score (nSPS) is 17.9. The van der Waals surface area contributed by atoms with Crippen molar-refractivity contribution in [2.45, 2.75) is 19.0 Å². The molecule has 4 rings (SSSR count). The Bertz CT molecular complexity index is 1030. The van der Waals surface area contributed by atoms with Crippen LogP contribution in [0.25, 0.3) is 0 Å². The van der Waals surface area contributed by atoms with Crippen molar-refractivity contribution in [2.75, 3.05) is 56.0 Å². The number of anilines is 2. The van der Waals surface area contributed by atoms with Crippen LogP contribution in [0.5, 0.6) is 0 Å². The molecule has 2 aromatic carbocycles. The molecule has 0 saturated carbocycles. The second-order valence-electron chi connectivity index (χ2n) is 8.97. The summed E-state index contributed by atoms with van der Waals surface area (Å²) in [5, 5.41) is 2.74. The number of benzene rings is 2. The summed E-state index contributed by atoms with van der Waals surface area (Å²) >= 11 is 0. The molecular weight excluding hydrogens is 464 g/mol. The standard InChI is InChI=1S/C25H28F4N4O2/c26-20-4-6-21(7-5-20)30-23(34)17-31-10-8-18(9-11-31)24(35)33-14-12-32(13-15-33)22-3-1-2-19(16-22)25(27,28)29/h1-7,16,18H,8-15,17H2,(H,30,34). The maximum Gasteiger partial charge on any atom is 0.416 e. The van der Waals surface area contributed by atoms with Crippen molar-refractivity contribution in [1.82, 2.24) is 9.80 Å². The number of halogens is 4. The van der Waals surface area contributed by atoms with Crippen molar-refractivity contribution in [1.29, 1.82) is 0 Å². The summed E-state index contributed by atoms with van der Waals surface area (Å²) in [7, 11) is 0. The van der Waals surface area contributed by atoms with E-state index in [0.717, 1.165) is 12.1 Å². The molecule has 1 N–H and O–H groups in total. The molecule has 35 heavy (non-hydrogen) atoms. The highest BCUT2D eigenvalue weighted by Crippen LogP contribution is 2.32. The van der Waals surface area contributed by atoms with Crippen LogP contribution in [0.3, 0.4) is 0 Å². The zero-order valence-electron chi connectivity index (χ0n) is 19.2. The van der Waals surface area contributed by atoms with Gasteiger partial charge >= 0.3 is 6.18 Å². The van der Waals surface area contributed by atoms with Gasteiger partial charge in [0.2, 0.25) is 11.8 Å². The number of carbonyl (C=O) groups excluding carboxylic acids is 2. The second kappa shape index (κ2) is 10.6. The highest BCUT2D eigenvalue weighted by Gasteiger charge is 2.33. The SMILES string of the molecule is O=C(CN1CCC(C(=O)N2CCN(c3cccc(C(F)(F)F)c3)CC2)CC1)Nc1ccc(F)cc1. The molecule has 0 bridgehead atoms. The number of piperazine rings is 1. The molecule has 2 saturated heterocycles. The van der Waals surface area contributed by atoms with Crippen LogP contribution in [0.1, 0.15) is 18.4 Å². The summed E-state index contributed by atoms with van der Waals surface area (Å²) in [6.07, 6.45) is -3.09. The Kier molecular flexibility index (Phi) is 7.59. The molecule has 6 nitrogen and oxygen atoms in total. The Morgan fingerprint density at radius 3 is 2.20 bits per heavy atom. The molecule has 2 amide bonds. The second-order valence-corrected chi connectivity index (χ2v) is 8.97. The maximum atomic E-state index is 13.0. The van der Waals surface area contributed by atoms with Gasteiger partial charge in [0, 0.05) is 43.5 Å². The van der Waals surface area contributed by atoms with Gasteiger partial charge in [-0.15, -0.1) is 0 Å². The average Bonchev–Trinajstić information content (AvgIpc) is 2.85. The van der Waals surface area contributed by atoms with Crippen LogP contribution in [0.15, 0.2) is 48.5 Å². The first-order valence-electron chi connectivity index (χ1n) is 11.7. The molecule has 10 heteroatoms. The molecule has 0 aliphatic carbocycles. The highest BCUT2D eigenvalue weighted by atomic mass is 19.4. The summed E-state index contributed by atoms with van der Waals surface area (Å²) in [6.45, 7) is 3.35. The van der Waals surface area contributed by atoms with Crippen molar-refractivity contribution < 1.29 is 27.2 Å². The van der Waals surface area contributed by atoms with Crippen molar-refractivity contribution in [3.05, 3.63) is 59.9 Å². The van der Waals surface area contributed by atoms with Gasteiger partial charge in [-0.3, -0.25) is 14.5 Å². The first-order chi connectivity index (χ1) is 16.7. The number of hydrogen-bond acceptors (Lipinski definition) is 4. The van der Waals surface area contributed by atoms with E-state index in [1.807, 2.05) is 9.80 Å². The van der Waals surface area contributed by atoms with E-state index in [-0.39, 0.29) is 30.1 Å². The Labute approximate surface area is 201 Å². The number of likely N-dealkylation sites (tertiary alicyclic amines) is 1. The lowest BCUT2D eigenvalue weighted by atomic mass is 9.95. The largest absolute Gasteiger partial charge is 0.416 e. The van der Waals surface area contributed by atoms with Crippen LogP contribution in [-0.4, -0.2) is 67.4 Å². The fraction of sp³-hybridized carbons (Fsp3) is 0.440. The third kappa shape index (κ3) is 6.50. The topological polar surface area (TPSA) is 55.9 Å². The number of nitrogens with zero attached hydrogens (tertiary/aromatic N) is 3. The Balaban J connectivity index is 1.21. The number of nitrogens with one attached hydrogen (secondary N) is 1. The summed E-state index contributed by atoms with van der Waals surface area (Å²) in [6, 6.07) is 10.9. The lowest BCUT2D eigenvalue weighted by Gasteiger charge is -2.39. The monoisotopic (exact) mass is 492 g/mol. The fourth-order valence-electron chi connectivity index (χ4n) is 4.60. The van der Waals surface area contributed by atoms with Crippen LogP contribution >= 0.6 is 0 Å². The molecule has 0 unspecified atom stereocenters. The molecule has 0 radical (unpaired) electrons. The number of carbonyl (C=O) groups is 2. The van der Waals surface area contributed by atoms with E-state index < -0.39 is 11.7 Å². The molecular formula is C25H28F4N4O2. The Morgan fingerprint density at radius 1 is 0.914 bits per heavy atom. The van der Waals surface area contributed by atoms with Gasteiger partial charge in [0.1, 0.15) is 5.82 Å². The smallest absolute Gasteiger partial charge is 0.368 e. The number of alkyl halides is 3. The fourth-order valence-corrected chi connectivity index (χ4v) is 4.60. The molecule has 0 spiro atoms. The lowest BCUT2D eigenvalue weighted by Crippen LogP contribution is -2.52. The first kappa shape index (κ1) is 25.0. The van der Waals surface area contributed by atoms with Gasteiger partial charge in [0.15, 0.2) is 0 Å². The summed E-state index contributed by atoms with van der Waals surface area (Å²) in [4.78, 5) is 30.9. The third-order valence-electron chi connectivity index (χ3n) is 6.56. The van der Waals surface area contributed by atoms with Crippen molar-refractivity contribution in [2.24, 2.45) is 5.92 Å². The van der Waals surface area contributed by atoms with Crippen molar-refractivity contribution in [3.63, 3.8) is 0 Å². The number of piperidine rings is 1. The molecule has 0 atom stereocenters. The molecule has 2 heterocycles. The van der Waals surface area contributed by atoms with E-state index in [2.05, 4.69) is 5.32 Å². The minimum atomic E-state index is -4.38. The van der Waals surface area contributed by atoms with Gasteiger partial charge in [-0.05, 0) is 68.4 Å². The van der Waals surface area contributed by atoms with E-state index in [4.69, 9.17) is 0 Å².